The first kappa shape index (κ1) is 15.3. The number of hydrogen-bond acceptors (Lipinski definition) is 3. The highest BCUT2D eigenvalue weighted by Gasteiger charge is 2.38. The Kier molecular flexibility index (Phi) is 5.50. The van der Waals surface area contributed by atoms with Crippen molar-refractivity contribution in [3.05, 3.63) is 0 Å². The molecule has 1 fully saturated rings. The van der Waals surface area contributed by atoms with E-state index in [1.165, 1.54) is 0 Å². The highest BCUT2D eigenvalue weighted by molar-refractivity contribution is 7.99. The van der Waals surface area contributed by atoms with Gasteiger partial charge in [0.1, 0.15) is 5.54 Å². The summed E-state index contributed by atoms with van der Waals surface area (Å²) in [6, 6.07) is 0. The van der Waals surface area contributed by atoms with Crippen molar-refractivity contribution >= 4 is 23.6 Å². The van der Waals surface area contributed by atoms with E-state index >= 15 is 0 Å². The van der Waals surface area contributed by atoms with E-state index in [1.54, 1.807) is 11.8 Å². The fraction of sp³-hybridized carbons (Fsp3) is 0.846. The number of carbonyl (C=O) groups excluding carboxylic acids is 2. The lowest BCUT2D eigenvalue weighted by Crippen LogP contribution is -2.54. The van der Waals surface area contributed by atoms with E-state index in [1.807, 2.05) is 18.7 Å². The molecule has 1 heterocycles. The Bertz CT molecular complexity index is 322. The lowest BCUT2D eigenvalue weighted by Gasteiger charge is -2.31. The fourth-order valence-corrected chi connectivity index (χ4v) is 2.36. The van der Waals surface area contributed by atoms with Crippen LogP contribution in [0.5, 0.6) is 0 Å². The summed E-state index contributed by atoms with van der Waals surface area (Å²) in [6.45, 7) is 7.21. The van der Waals surface area contributed by atoms with Gasteiger partial charge in [0.05, 0.1) is 0 Å². The standard InChI is InChI=1S/C13H24N2O2S/c1-5-13(3)12(17)15(8-6-10(2)18-4)9-7-11(16)14-13/h10H,5-9H2,1-4H3,(H,14,16). The number of amides is 2. The topological polar surface area (TPSA) is 49.4 Å². The van der Waals surface area contributed by atoms with E-state index in [4.69, 9.17) is 0 Å². The monoisotopic (exact) mass is 272 g/mol. The quantitative estimate of drug-likeness (QED) is 0.828. The van der Waals surface area contributed by atoms with Crippen molar-refractivity contribution in [2.75, 3.05) is 19.3 Å². The normalized spacial score (nSPS) is 26.8. The zero-order chi connectivity index (χ0) is 13.8. The Labute approximate surface area is 114 Å². The van der Waals surface area contributed by atoms with Crippen LogP contribution in [-0.4, -0.2) is 46.8 Å². The van der Waals surface area contributed by atoms with Crippen LogP contribution in [0.15, 0.2) is 0 Å². The van der Waals surface area contributed by atoms with E-state index in [0.717, 1.165) is 13.0 Å². The van der Waals surface area contributed by atoms with Crippen molar-refractivity contribution in [1.82, 2.24) is 10.2 Å². The third kappa shape index (κ3) is 3.64. The minimum absolute atomic E-state index is 0.0203. The number of nitrogens with one attached hydrogen (secondary N) is 1. The summed E-state index contributed by atoms with van der Waals surface area (Å²) in [5, 5.41) is 3.39. The van der Waals surface area contributed by atoms with E-state index in [2.05, 4.69) is 18.5 Å². The Balaban J connectivity index is 2.72. The molecule has 0 spiro atoms. The van der Waals surface area contributed by atoms with Gasteiger partial charge in [0.15, 0.2) is 0 Å². The molecule has 0 aromatic heterocycles. The van der Waals surface area contributed by atoms with Gasteiger partial charge in [-0.05, 0) is 26.0 Å². The maximum Gasteiger partial charge on any atom is 0.248 e. The molecule has 104 valence electrons. The smallest absolute Gasteiger partial charge is 0.248 e. The second-order valence-corrected chi connectivity index (χ2v) is 6.39. The first-order valence-corrected chi connectivity index (χ1v) is 7.85. The highest BCUT2D eigenvalue weighted by Crippen LogP contribution is 2.19. The van der Waals surface area contributed by atoms with Crippen LogP contribution in [0.1, 0.15) is 40.0 Å². The minimum atomic E-state index is -0.726. The minimum Gasteiger partial charge on any atom is -0.342 e. The van der Waals surface area contributed by atoms with Gasteiger partial charge in [0, 0.05) is 24.8 Å². The zero-order valence-electron chi connectivity index (χ0n) is 11.8. The van der Waals surface area contributed by atoms with Crippen LogP contribution in [0.3, 0.4) is 0 Å². The molecule has 1 rings (SSSR count). The molecule has 1 N–H and O–H groups in total. The van der Waals surface area contributed by atoms with Gasteiger partial charge in [-0.25, -0.2) is 0 Å². The van der Waals surface area contributed by atoms with Crippen LogP contribution in [0.4, 0.5) is 0 Å². The molecule has 1 saturated heterocycles. The highest BCUT2D eigenvalue weighted by atomic mass is 32.2. The van der Waals surface area contributed by atoms with Crippen LogP contribution in [0.2, 0.25) is 0 Å². The van der Waals surface area contributed by atoms with Crippen LogP contribution in [-0.2, 0) is 9.59 Å². The Morgan fingerprint density at radius 2 is 2.17 bits per heavy atom. The van der Waals surface area contributed by atoms with Gasteiger partial charge < -0.3 is 10.2 Å². The molecule has 18 heavy (non-hydrogen) atoms. The van der Waals surface area contributed by atoms with Crippen LogP contribution in [0, 0.1) is 0 Å². The van der Waals surface area contributed by atoms with Gasteiger partial charge in [-0.15, -0.1) is 0 Å². The van der Waals surface area contributed by atoms with Gasteiger partial charge in [-0.3, -0.25) is 9.59 Å². The van der Waals surface area contributed by atoms with Gasteiger partial charge in [-0.2, -0.15) is 11.8 Å². The molecule has 1 aliphatic rings. The van der Waals surface area contributed by atoms with Gasteiger partial charge in [-0.1, -0.05) is 13.8 Å². The maximum atomic E-state index is 12.4. The summed E-state index contributed by atoms with van der Waals surface area (Å²) in [7, 11) is 0. The Morgan fingerprint density at radius 3 is 2.72 bits per heavy atom. The molecule has 0 aromatic rings. The van der Waals surface area contributed by atoms with Crippen LogP contribution >= 0.6 is 11.8 Å². The third-order valence-electron chi connectivity index (χ3n) is 3.70. The Hall–Kier alpha value is -0.710. The molecular formula is C13H24N2O2S. The molecule has 0 aliphatic carbocycles. The molecule has 5 heteroatoms. The molecule has 0 saturated carbocycles. The van der Waals surface area contributed by atoms with Crippen molar-refractivity contribution in [1.29, 1.82) is 0 Å². The summed E-state index contributed by atoms with van der Waals surface area (Å²) >= 11 is 1.81. The molecule has 1 aliphatic heterocycles. The lowest BCUT2D eigenvalue weighted by molar-refractivity contribution is -0.138. The molecule has 0 bridgehead atoms. The summed E-state index contributed by atoms with van der Waals surface area (Å²) in [4.78, 5) is 25.9. The molecule has 0 aromatic carbocycles. The van der Waals surface area contributed by atoms with Crippen molar-refractivity contribution in [2.45, 2.75) is 50.8 Å². The van der Waals surface area contributed by atoms with E-state index in [0.29, 0.717) is 24.6 Å². The second kappa shape index (κ2) is 6.45. The number of rotatable bonds is 5. The third-order valence-corrected chi connectivity index (χ3v) is 4.74. The predicted molar refractivity (Wildman–Crippen MR) is 75.6 cm³/mol. The van der Waals surface area contributed by atoms with Crippen molar-refractivity contribution in [3.63, 3.8) is 0 Å². The molecule has 2 atom stereocenters. The first-order valence-electron chi connectivity index (χ1n) is 6.56. The van der Waals surface area contributed by atoms with E-state index in [9.17, 15) is 9.59 Å². The molecule has 2 amide bonds. The van der Waals surface area contributed by atoms with Crippen molar-refractivity contribution in [3.8, 4) is 0 Å². The summed E-state index contributed by atoms with van der Waals surface area (Å²) in [6.07, 6.45) is 4.10. The summed E-state index contributed by atoms with van der Waals surface area (Å²) in [5.41, 5.74) is -0.726. The molecule has 0 radical (unpaired) electrons. The predicted octanol–water partition coefficient (Wildman–Crippen LogP) is 1.65. The number of thioether (sulfide) groups is 1. The Morgan fingerprint density at radius 1 is 1.50 bits per heavy atom. The molecule has 4 nitrogen and oxygen atoms in total. The van der Waals surface area contributed by atoms with Gasteiger partial charge in [0.2, 0.25) is 11.8 Å². The number of nitrogens with zero attached hydrogens (tertiary/aromatic N) is 1. The van der Waals surface area contributed by atoms with Crippen molar-refractivity contribution < 1.29 is 9.59 Å². The van der Waals surface area contributed by atoms with Gasteiger partial charge in [0.25, 0.3) is 0 Å². The second-order valence-electron chi connectivity index (χ2n) is 5.11. The van der Waals surface area contributed by atoms with Crippen LogP contribution < -0.4 is 5.32 Å². The fourth-order valence-electron chi connectivity index (χ4n) is 2.02. The number of hydrogen-bond donors (Lipinski definition) is 1. The molecular weight excluding hydrogens is 248 g/mol. The maximum absolute atomic E-state index is 12.4. The first-order chi connectivity index (χ1) is 8.42. The largest absolute Gasteiger partial charge is 0.342 e. The average Bonchev–Trinajstić information content (AvgIpc) is 2.46. The summed E-state index contributed by atoms with van der Waals surface area (Å²) in [5.74, 6) is 0.0391. The van der Waals surface area contributed by atoms with E-state index < -0.39 is 5.54 Å². The summed E-state index contributed by atoms with van der Waals surface area (Å²) < 4.78 is 0. The van der Waals surface area contributed by atoms with Gasteiger partial charge >= 0.3 is 0 Å². The zero-order valence-corrected chi connectivity index (χ0v) is 12.6. The lowest BCUT2D eigenvalue weighted by atomic mass is 9.97. The van der Waals surface area contributed by atoms with Crippen LogP contribution in [0.25, 0.3) is 0 Å². The SMILES string of the molecule is CCC1(C)NC(=O)CCN(CCC(C)SC)C1=O. The average molecular weight is 272 g/mol. The molecule has 2 unspecified atom stereocenters. The number of carbonyl (C=O) groups is 2. The van der Waals surface area contributed by atoms with Crippen molar-refractivity contribution in [2.24, 2.45) is 0 Å². The van der Waals surface area contributed by atoms with E-state index in [-0.39, 0.29) is 11.8 Å².